The van der Waals surface area contributed by atoms with Crippen LogP contribution in [0, 0.1) is 6.92 Å². The van der Waals surface area contributed by atoms with Gasteiger partial charge in [0.1, 0.15) is 5.69 Å². The van der Waals surface area contributed by atoms with Gasteiger partial charge in [-0.3, -0.25) is 4.72 Å². The van der Waals surface area contributed by atoms with Crippen LogP contribution >= 0.6 is 0 Å². The molecule has 0 bridgehead atoms. The van der Waals surface area contributed by atoms with E-state index in [2.05, 4.69) is 9.82 Å². The average Bonchev–Trinajstić information content (AvgIpc) is 2.76. The Morgan fingerprint density at radius 1 is 1.38 bits per heavy atom. The Balaban J connectivity index is 2.22. The molecule has 114 valence electrons. The van der Waals surface area contributed by atoms with Crippen molar-refractivity contribution in [2.45, 2.75) is 13.3 Å². The van der Waals surface area contributed by atoms with Gasteiger partial charge in [0.05, 0.1) is 23.3 Å². The van der Waals surface area contributed by atoms with Crippen molar-refractivity contribution in [1.29, 1.82) is 0 Å². The zero-order valence-electron chi connectivity index (χ0n) is 11.5. The fraction of sp³-hybridized carbons (Fsp3) is 0.308. The highest BCUT2D eigenvalue weighted by molar-refractivity contribution is 7.92. The van der Waals surface area contributed by atoms with Crippen molar-refractivity contribution in [1.82, 2.24) is 9.78 Å². The van der Waals surface area contributed by atoms with Crippen molar-refractivity contribution in [2.75, 3.05) is 17.1 Å². The first-order valence-electron chi connectivity index (χ1n) is 6.38. The zero-order chi connectivity index (χ0) is 15.5. The van der Waals surface area contributed by atoms with Gasteiger partial charge in [0, 0.05) is 6.61 Å². The highest BCUT2D eigenvalue weighted by Gasteiger charge is 2.11. The second kappa shape index (κ2) is 6.15. The smallest absolute Gasteiger partial charge is 0.232 e. The van der Waals surface area contributed by atoms with Crippen LogP contribution in [0.15, 0.2) is 30.5 Å². The van der Waals surface area contributed by atoms with Crippen molar-refractivity contribution >= 4 is 15.7 Å². The second-order valence-corrected chi connectivity index (χ2v) is 6.43. The standard InChI is InChI=1S/C13H17N3O4S/c1-10-13(18)9-16(14-10)12-5-2-4-11(8-12)15-21(19,20)7-3-6-17/h2,4-5,8-9,15,17-18H,3,6-7H2,1H3. The summed E-state index contributed by atoms with van der Waals surface area (Å²) in [5, 5.41) is 22.3. The van der Waals surface area contributed by atoms with Gasteiger partial charge in [0.2, 0.25) is 10.0 Å². The molecule has 8 heteroatoms. The number of aryl methyl sites for hydroxylation is 1. The molecule has 0 spiro atoms. The first-order chi connectivity index (χ1) is 9.91. The quantitative estimate of drug-likeness (QED) is 0.738. The second-order valence-electron chi connectivity index (χ2n) is 4.59. The lowest BCUT2D eigenvalue weighted by Gasteiger charge is -2.09. The summed E-state index contributed by atoms with van der Waals surface area (Å²) >= 11 is 0. The molecule has 21 heavy (non-hydrogen) atoms. The van der Waals surface area contributed by atoms with E-state index in [9.17, 15) is 13.5 Å². The van der Waals surface area contributed by atoms with E-state index >= 15 is 0 Å². The number of nitrogens with one attached hydrogen (secondary N) is 1. The fourth-order valence-electron chi connectivity index (χ4n) is 1.78. The molecule has 0 unspecified atom stereocenters. The largest absolute Gasteiger partial charge is 0.504 e. The van der Waals surface area contributed by atoms with Gasteiger partial charge in [-0.2, -0.15) is 5.10 Å². The maximum absolute atomic E-state index is 11.8. The highest BCUT2D eigenvalue weighted by atomic mass is 32.2. The van der Waals surface area contributed by atoms with Crippen LogP contribution < -0.4 is 4.72 Å². The van der Waals surface area contributed by atoms with Gasteiger partial charge < -0.3 is 10.2 Å². The molecule has 1 aromatic carbocycles. The first kappa shape index (κ1) is 15.3. The summed E-state index contributed by atoms with van der Waals surface area (Å²) in [5.41, 5.74) is 1.52. The van der Waals surface area contributed by atoms with Gasteiger partial charge in [0.15, 0.2) is 5.75 Å². The predicted molar refractivity (Wildman–Crippen MR) is 79.1 cm³/mol. The molecular formula is C13H17N3O4S. The summed E-state index contributed by atoms with van der Waals surface area (Å²) in [6.45, 7) is 1.50. The molecule has 1 aromatic heterocycles. The van der Waals surface area contributed by atoms with Crippen LogP contribution in [0.5, 0.6) is 5.75 Å². The molecule has 1 heterocycles. The summed E-state index contributed by atoms with van der Waals surface area (Å²) < 4.78 is 27.5. The number of hydrogen-bond donors (Lipinski definition) is 3. The van der Waals surface area contributed by atoms with Gasteiger partial charge in [0.25, 0.3) is 0 Å². The summed E-state index contributed by atoms with van der Waals surface area (Å²) in [6.07, 6.45) is 1.63. The van der Waals surface area contributed by atoms with Gasteiger partial charge in [-0.1, -0.05) is 6.07 Å². The van der Waals surface area contributed by atoms with E-state index in [1.165, 1.54) is 10.9 Å². The number of aromatic hydroxyl groups is 1. The molecule has 0 radical (unpaired) electrons. The van der Waals surface area contributed by atoms with Crippen LogP contribution in [0.2, 0.25) is 0 Å². The van der Waals surface area contributed by atoms with Crippen molar-refractivity contribution in [3.05, 3.63) is 36.2 Å². The summed E-state index contributed by atoms with van der Waals surface area (Å²) in [6, 6.07) is 6.67. The summed E-state index contributed by atoms with van der Waals surface area (Å²) in [7, 11) is -3.49. The molecule has 2 rings (SSSR count). The molecule has 0 saturated heterocycles. The number of anilines is 1. The summed E-state index contributed by atoms with van der Waals surface area (Å²) in [4.78, 5) is 0. The van der Waals surface area contributed by atoms with Crippen molar-refractivity contribution < 1.29 is 18.6 Å². The number of sulfonamides is 1. The Hall–Kier alpha value is -2.06. The number of rotatable bonds is 6. The first-order valence-corrected chi connectivity index (χ1v) is 8.03. The minimum Gasteiger partial charge on any atom is -0.504 e. The van der Waals surface area contributed by atoms with Gasteiger partial charge in [-0.15, -0.1) is 0 Å². The van der Waals surface area contributed by atoms with Crippen molar-refractivity contribution in [3.63, 3.8) is 0 Å². The predicted octanol–water partition coefficient (Wildman–Crippen LogP) is 1.01. The molecule has 0 fully saturated rings. The number of benzene rings is 1. The Morgan fingerprint density at radius 3 is 2.76 bits per heavy atom. The van der Waals surface area contributed by atoms with E-state index in [4.69, 9.17) is 5.11 Å². The summed E-state index contributed by atoms with van der Waals surface area (Å²) in [5.74, 6) is -0.0704. The molecule has 0 saturated carbocycles. The number of aliphatic hydroxyl groups excluding tert-OH is 1. The van der Waals surface area contributed by atoms with Gasteiger partial charge in [-0.05, 0) is 31.5 Å². The Bertz CT molecular complexity index is 705. The van der Waals surface area contributed by atoms with E-state index < -0.39 is 10.0 Å². The number of nitrogens with zero attached hydrogens (tertiary/aromatic N) is 2. The van der Waals surface area contributed by atoms with Gasteiger partial charge in [-0.25, -0.2) is 13.1 Å². The Kier molecular flexibility index (Phi) is 4.49. The maximum Gasteiger partial charge on any atom is 0.232 e. The highest BCUT2D eigenvalue weighted by Crippen LogP contribution is 2.20. The van der Waals surface area contributed by atoms with E-state index in [0.29, 0.717) is 17.1 Å². The molecule has 3 N–H and O–H groups in total. The SMILES string of the molecule is Cc1nn(-c2cccc(NS(=O)(=O)CCCO)c2)cc1O. The molecule has 0 amide bonds. The molecule has 7 nitrogen and oxygen atoms in total. The van der Waals surface area contributed by atoms with Crippen LogP contribution in [0.25, 0.3) is 5.69 Å². The molecular weight excluding hydrogens is 294 g/mol. The zero-order valence-corrected chi connectivity index (χ0v) is 12.3. The van der Waals surface area contributed by atoms with Crippen LogP contribution in [0.1, 0.15) is 12.1 Å². The van der Waals surface area contributed by atoms with Crippen molar-refractivity contribution in [3.8, 4) is 11.4 Å². The monoisotopic (exact) mass is 311 g/mol. The van der Waals surface area contributed by atoms with Gasteiger partial charge >= 0.3 is 0 Å². The average molecular weight is 311 g/mol. The third kappa shape index (κ3) is 3.96. The third-order valence-corrected chi connectivity index (χ3v) is 4.20. The molecule has 0 aliphatic heterocycles. The van der Waals surface area contributed by atoms with Crippen LogP contribution in [0.3, 0.4) is 0 Å². The normalized spacial score (nSPS) is 11.5. The minimum absolute atomic E-state index is 0.0731. The van der Waals surface area contributed by atoms with E-state index in [1.807, 2.05) is 0 Å². The minimum atomic E-state index is -3.49. The fourth-order valence-corrected chi connectivity index (χ4v) is 2.88. The lowest BCUT2D eigenvalue weighted by Crippen LogP contribution is -2.17. The van der Waals surface area contributed by atoms with Crippen LogP contribution in [0.4, 0.5) is 5.69 Å². The molecule has 0 atom stereocenters. The number of hydrogen-bond acceptors (Lipinski definition) is 5. The molecule has 0 aliphatic carbocycles. The molecule has 0 aliphatic rings. The lowest BCUT2D eigenvalue weighted by atomic mass is 10.3. The number of aromatic nitrogens is 2. The Labute approximate surface area is 122 Å². The van der Waals surface area contributed by atoms with Crippen LogP contribution in [-0.4, -0.2) is 40.8 Å². The lowest BCUT2D eigenvalue weighted by molar-refractivity contribution is 0.295. The Morgan fingerprint density at radius 2 is 2.14 bits per heavy atom. The van der Waals surface area contributed by atoms with Crippen LogP contribution in [-0.2, 0) is 10.0 Å². The molecule has 2 aromatic rings. The van der Waals surface area contributed by atoms with E-state index in [1.54, 1.807) is 31.2 Å². The van der Waals surface area contributed by atoms with E-state index in [0.717, 1.165) is 0 Å². The van der Waals surface area contributed by atoms with E-state index in [-0.39, 0.29) is 24.5 Å². The number of aliphatic hydroxyl groups is 1. The van der Waals surface area contributed by atoms with Crippen molar-refractivity contribution in [2.24, 2.45) is 0 Å². The maximum atomic E-state index is 11.8. The topological polar surface area (TPSA) is 104 Å². The third-order valence-electron chi connectivity index (χ3n) is 2.83.